The SMILES string of the molecule is CN=C(N)NCc1ccc(N2CCOCC2)cc1. The topological polar surface area (TPSA) is 62.9 Å². The van der Waals surface area contributed by atoms with Gasteiger partial charge in [0.2, 0.25) is 0 Å². The van der Waals surface area contributed by atoms with Crippen LogP contribution in [0.3, 0.4) is 0 Å². The molecular formula is C13H20N4O. The molecular weight excluding hydrogens is 228 g/mol. The number of aliphatic imine (C=N–C) groups is 1. The van der Waals surface area contributed by atoms with Gasteiger partial charge in [-0.05, 0) is 17.7 Å². The minimum absolute atomic E-state index is 0.465. The van der Waals surface area contributed by atoms with Gasteiger partial charge in [0, 0.05) is 32.4 Å². The van der Waals surface area contributed by atoms with E-state index >= 15 is 0 Å². The number of morpholine rings is 1. The summed E-state index contributed by atoms with van der Waals surface area (Å²) in [5, 5.41) is 3.04. The number of nitrogens with two attached hydrogens (primary N) is 1. The van der Waals surface area contributed by atoms with Gasteiger partial charge in [0.25, 0.3) is 0 Å². The normalized spacial score (nSPS) is 16.7. The molecule has 1 aliphatic rings. The second kappa shape index (κ2) is 6.26. The lowest BCUT2D eigenvalue weighted by molar-refractivity contribution is 0.122. The number of nitrogens with zero attached hydrogens (tertiary/aromatic N) is 2. The molecule has 5 nitrogen and oxygen atoms in total. The van der Waals surface area contributed by atoms with Crippen molar-refractivity contribution in [2.75, 3.05) is 38.3 Å². The fourth-order valence-electron chi connectivity index (χ4n) is 1.92. The van der Waals surface area contributed by atoms with E-state index in [0.717, 1.165) is 26.3 Å². The molecule has 1 heterocycles. The first kappa shape index (κ1) is 12.7. The highest BCUT2D eigenvalue weighted by atomic mass is 16.5. The Balaban J connectivity index is 1.92. The minimum atomic E-state index is 0.465. The number of rotatable bonds is 3. The number of nitrogens with one attached hydrogen (secondary N) is 1. The zero-order valence-electron chi connectivity index (χ0n) is 10.7. The third-order valence-corrected chi connectivity index (χ3v) is 3.03. The Kier molecular flexibility index (Phi) is 4.41. The largest absolute Gasteiger partial charge is 0.378 e. The monoisotopic (exact) mass is 248 g/mol. The van der Waals surface area contributed by atoms with Crippen molar-refractivity contribution >= 4 is 11.6 Å². The Morgan fingerprint density at radius 2 is 2.00 bits per heavy atom. The molecule has 0 radical (unpaired) electrons. The van der Waals surface area contributed by atoms with Gasteiger partial charge in [-0.3, -0.25) is 4.99 Å². The molecule has 3 N–H and O–H groups in total. The Morgan fingerprint density at radius 3 is 2.61 bits per heavy atom. The summed E-state index contributed by atoms with van der Waals surface area (Å²) in [5.74, 6) is 0.465. The summed E-state index contributed by atoms with van der Waals surface area (Å²) < 4.78 is 5.34. The van der Waals surface area contributed by atoms with E-state index in [2.05, 4.69) is 39.5 Å². The lowest BCUT2D eigenvalue weighted by atomic mass is 10.2. The first-order valence-corrected chi connectivity index (χ1v) is 6.17. The minimum Gasteiger partial charge on any atom is -0.378 e. The maximum atomic E-state index is 5.58. The number of anilines is 1. The first-order chi connectivity index (χ1) is 8.79. The van der Waals surface area contributed by atoms with Crippen LogP contribution in [0.4, 0.5) is 5.69 Å². The Hall–Kier alpha value is -1.75. The van der Waals surface area contributed by atoms with E-state index in [0.29, 0.717) is 12.5 Å². The van der Waals surface area contributed by atoms with Crippen LogP contribution in [-0.2, 0) is 11.3 Å². The van der Waals surface area contributed by atoms with Gasteiger partial charge in [0.15, 0.2) is 5.96 Å². The maximum absolute atomic E-state index is 5.58. The van der Waals surface area contributed by atoms with E-state index in [1.807, 2.05) is 0 Å². The van der Waals surface area contributed by atoms with Gasteiger partial charge >= 0.3 is 0 Å². The number of guanidine groups is 1. The van der Waals surface area contributed by atoms with E-state index in [9.17, 15) is 0 Å². The number of hydrogen-bond donors (Lipinski definition) is 2. The molecule has 1 aromatic carbocycles. The molecule has 2 rings (SSSR count). The van der Waals surface area contributed by atoms with E-state index in [-0.39, 0.29) is 0 Å². The zero-order valence-corrected chi connectivity index (χ0v) is 10.7. The molecule has 0 aromatic heterocycles. The lowest BCUT2D eigenvalue weighted by Crippen LogP contribution is -2.36. The lowest BCUT2D eigenvalue weighted by Gasteiger charge is -2.28. The third-order valence-electron chi connectivity index (χ3n) is 3.03. The molecule has 0 atom stereocenters. The highest BCUT2D eigenvalue weighted by Crippen LogP contribution is 2.16. The summed E-state index contributed by atoms with van der Waals surface area (Å²) in [6, 6.07) is 8.50. The van der Waals surface area contributed by atoms with Crippen LogP contribution in [0.25, 0.3) is 0 Å². The molecule has 0 spiro atoms. The van der Waals surface area contributed by atoms with Crippen LogP contribution in [0.1, 0.15) is 5.56 Å². The fraction of sp³-hybridized carbons (Fsp3) is 0.462. The molecule has 0 aliphatic carbocycles. The zero-order chi connectivity index (χ0) is 12.8. The highest BCUT2D eigenvalue weighted by molar-refractivity contribution is 5.77. The van der Waals surface area contributed by atoms with Crippen LogP contribution < -0.4 is 16.0 Å². The summed E-state index contributed by atoms with van der Waals surface area (Å²) in [6.07, 6.45) is 0. The van der Waals surface area contributed by atoms with E-state index in [4.69, 9.17) is 10.5 Å². The summed E-state index contributed by atoms with van der Waals surface area (Å²) in [5.41, 5.74) is 8.03. The molecule has 1 saturated heterocycles. The van der Waals surface area contributed by atoms with Gasteiger partial charge in [-0.25, -0.2) is 0 Å². The molecule has 1 aromatic rings. The molecule has 0 saturated carbocycles. The molecule has 0 amide bonds. The molecule has 1 aliphatic heterocycles. The molecule has 1 fully saturated rings. The average Bonchev–Trinajstić information content (AvgIpc) is 2.46. The van der Waals surface area contributed by atoms with Crippen molar-refractivity contribution in [3.63, 3.8) is 0 Å². The van der Waals surface area contributed by atoms with Crippen molar-refractivity contribution in [2.45, 2.75) is 6.54 Å². The van der Waals surface area contributed by atoms with E-state index in [1.165, 1.54) is 11.3 Å². The van der Waals surface area contributed by atoms with Crippen LogP contribution in [-0.4, -0.2) is 39.3 Å². The number of ether oxygens (including phenoxy) is 1. The molecule has 5 heteroatoms. The quantitative estimate of drug-likeness (QED) is 0.606. The molecule has 18 heavy (non-hydrogen) atoms. The standard InChI is InChI=1S/C13H20N4O/c1-15-13(14)16-10-11-2-4-12(5-3-11)17-6-8-18-9-7-17/h2-5H,6-10H2,1H3,(H3,14,15,16). The van der Waals surface area contributed by atoms with Gasteiger partial charge in [0.05, 0.1) is 13.2 Å². The van der Waals surface area contributed by atoms with Crippen molar-refractivity contribution in [3.8, 4) is 0 Å². The average molecular weight is 248 g/mol. The number of hydrogen-bond acceptors (Lipinski definition) is 3. The fourth-order valence-corrected chi connectivity index (χ4v) is 1.92. The van der Waals surface area contributed by atoms with Crippen molar-refractivity contribution in [1.82, 2.24) is 5.32 Å². The van der Waals surface area contributed by atoms with Crippen molar-refractivity contribution in [1.29, 1.82) is 0 Å². The van der Waals surface area contributed by atoms with Gasteiger partial charge in [0.1, 0.15) is 0 Å². The predicted molar refractivity (Wildman–Crippen MR) is 73.9 cm³/mol. The Bertz CT molecular complexity index is 396. The Morgan fingerprint density at radius 1 is 1.33 bits per heavy atom. The van der Waals surface area contributed by atoms with E-state index in [1.54, 1.807) is 7.05 Å². The molecule has 0 bridgehead atoms. The first-order valence-electron chi connectivity index (χ1n) is 6.17. The summed E-state index contributed by atoms with van der Waals surface area (Å²) in [7, 11) is 1.67. The van der Waals surface area contributed by atoms with Gasteiger partial charge in [-0.1, -0.05) is 12.1 Å². The number of benzene rings is 1. The van der Waals surface area contributed by atoms with Crippen molar-refractivity contribution in [3.05, 3.63) is 29.8 Å². The smallest absolute Gasteiger partial charge is 0.188 e. The summed E-state index contributed by atoms with van der Waals surface area (Å²) in [4.78, 5) is 6.19. The maximum Gasteiger partial charge on any atom is 0.188 e. The summed E-state index contributed by atoms with van der Waals surface area (Å²) >= 11 is 0. The Labute approximate surface area is 108 Å². The van der Waals surface area contributed by atoms with Crippen LogP contribution >= 0.6 is 0 Å². The van der Waals surface area contributed by atoms with Crippen LogP contribution in [0.2, 0.25) is 0 Å². The van der Waals surface area contributed by atoms with Crippen molar-refractivity contribution in [2.24, 2.45) is 10.7 Å². The van der Waals surface area contributed by atoms with Crippen LogP contribution in [0.15, 0.2) is 29.3 Å². The van der Waals surface area contributed by atoms with Gasteiger partial charge in [-0.2, -0.15) is 0 Å². The van der Waals surface area contributed by atoms with Crippen molar-refractivity contribution < 1.29 is 4.74 Å². The van der Waals surface area contributed by atoms with E-state index < -0.39 is 0 Å². The second-order valence-electron chi connectivity index (χ2n) is 4.23. The van der Waals surface area contributed by atoms with Gasteiger partial charge < -0.3 is 20.7 Å². The summed E-state index contributed by atoms with van der Waals surface area (Å²) in [6.45, 7) is 4.26. The predicted octanol–water partition coefficient (Wildman–Crippen LogP) is 0.557. The molecule has 0 unspecified atom stereocenters. The van der Waals surface area contributed by atoms with Crippen LogP contribution in [0.5, 0.6) is 0 Å². The second-order valence-corrected chi connectivity index (χ2v) is 4.23. The third kappa shape index (κ3) is 3.37. The van der Waals surface area contributed by atoms with Gasteiger partial charge in [-0.15, -0.1) is 0 Å². The highest BCUT2D eigenvalue weighted by Gasteiger charge is 2.10. The molecule has 98 valence electrons. The van der Waals surface area contributed by atoms with Crippen LogP contribution in [0, 0.1) is 0 Å².